The fraction of sp³-hybridized carbons (Fsp3) is 0.360. The minimum absolute atomic E-state index is 0.0164. The summed E-state index contributed by atoms with van der Waals surface area (Å²) in [6, 6.07) is 11.2. The molecule has 192 valence electrons. The molecule has 36 heavy (non-hydrogen) atoms. The van der Waals surface area contributed by atoms with Crippen LogP contribution in [-0.4, -0.2) is 33.3 Å². The van der Waals surface area contributed by atoms with Crippen molar-refractivity contribution in [3.8, 4) is 5.75 Å². The number of rotatable bonds is 9. The summed E-state index contributed by atoms with van der Waals surface area (Å²) in [4.78, 5) is 42.8. The number of nitrogens with one attached hydrogen (secondary N) is 1. The van der Waals surface area contributed by atoms with Gasteiger partial charge in [-0.2, -0.15) is 4.98 Å². The van der Waals surface area contributed by atoms with Crippen LogP contribution >= 0.6 is 23.2 Å². The molecule has 3 rings (SSSR count). The lowest BCUT2D eigenvalue weighted by atomic mass is 10.0. The van der Waals surface area contributed by atoms with Crippen LogP contribution < -0.4 is 21.4 Å². The number of methoxy groups -OCH3 is 1. The van der Waals surface area contributed by atoms with Crippen molar-refractivity contribution in [1.82, 2.24) is 14.1 Å². The van der Waals surface area contributed by atoms with Crippen molar-refractivity contribution in [2.75, 3.05) is 12.4 Å². The van der Waals surface area contributed by atoms with E-state index in [1.165, 1.54) is 11.7 Å². The molecule has 0 aliphatic heterocycles. The maximum atomic E-state index is 13.6. The first kappa shape index (κ1) is 27.3. The molecule has 2 aromatic carbocycles. The van der Waals surface area contributed by atoms with Gasteiger partial charge in [-0.3, -0.25) is 9.36 Å². The summed E-state index contributed by atoms with van der Waals surface area (Å²) in [6.07, 6.45) is -0.0607. The van der Waals surface area contributed by atoms with E-state index >= 15 is 0 Å². The van der Waals surface area contributed by atoms with Crippen LogP contribution in [0.25, 0.3) is 0 Å². The van der Waals surface area contributed by atoms with Gasteiger partial charge in [-0.1, -0.05) is 35.3 Å². The number of halogens is 2. The number of carbonyl (C=O) groups is 1. The molecule has 2 atom stereocenters. The normalized spacial score (nSPS) is 12.8. The van der Waals surface area contributed by atoms with Crippen molar-refractivity contribution in [2.45, 2.75) is 46.4 Å². The zero-order chi connectivity index (χ0) is 26.6. The van der Waals surface area contributed by atoms with Gasteiger partial charge in [0.05, 0.1) is 36.7 Å². The summed E-state index contributed by atoms with van der Waals surface area (Å²) in [5.41, 5.74) is -0.185. The highest BCUT2D eigenvalue weighted by Crippen LogP contribution is 2.29. The molecule has 0 aliphatic carbocycles. The van der Waals surface area contributed by atoms with Gasteiger partial charge in [0.15, 0.2) is 0 Å². The molecule has 1 aromatic heterocycles. The molecular weight excluding hydrogens is 507 g/mol. The Kier molecular flexibility index (Phi) is 8.81. The molecule has 0 aliphatic rings. The summed E-state index contributed by atoms with van der Waals surface area (Å²) >= 11 is 12.4. The van der Waals surface area contributed by atoms with Crippen molar-refractivity contribution in [3.05, 3.63) is 79.0 Å². The van der Waals surface area contributed by atoms with E-state index in [1.807, 2.05) is 13.8 Å². The van der Waals surface area contributed by atoms with Gasteiger partial charge < -0.3 is 14.8 Å². The lowest BCUT2D eigenvalue weighted by Gasteiger charge is -2.22. The van der Waals surface area contributed by atoms with E-state index in [4.69, 9.17) is 32.7 Å². The van der Waals surface area contributed by atoms with Crippen LogP contribution in [0.4, 0.5) is 11.6 Å². The smallest absolute Gasteiger partial charge is 0.355 e. The number of benzene rings is 2. The van der Waals surface area contributed by atoms with E-state index in [-0.39, 0.29) is 18.6 Å². The van der Waals surface area contributed by atoms with E-state index in [0.29, 0.717) is 21.5 Å². The molecule has 0 saturated heterocycles. The highest BCUT2D eigenvalue weighted by atomic mass is 35.5. The molecule has 0 radical (unpaired) electrons. The summed E-state index contributed by atoms with van der Waals surface area (Å²) in [6.45, 7) is 7.05. The molecule has 3 aromatic rings. The largest absolute Gasteiger partial charge is 0.489 e. The molecule has 1 heterocycles. The SMILES string of the molecule is COC(=O)[C@H](C)[C@H](C)n1c(=O)nc(Nc2ccc(OC(C)C)c(Cl)c2)n(Cc2ccc(Cl)cc2)c1=O. The molecule has 0 amide bonds. The first-order valence-corrected chi connectivity index (χ1v) is 12.1. The number of hydrogen-bond donors (Lipinski definition) is 1. The number of carbonyl (C=O) groups excluding carboxylic acids is 1. The second-order valence-electron chi connectivity index (χ2n) is 8.57. The van der Waals surface area contributed by atoms with Crippen LogP contribution in [0.3, 0.4) is 0 Å². The molecule has 0 unspecified atom stereocenters. The molecule has 0 fully saturated rings. The predicted octanol–water partition coefficient (Wildman–Crippen LogP) is 4.66. The number of esters is 1. The minimum atomic E-state index is -0.802. The molecule has 0 saturated carbocycles. The number of aromatic nitrogens is 3. The van der Waals surface area contributed by atoms with Gasteiger partial charge in [0.2, 0.25) is 5.95 Å². The molecule has 1 N–H and O–H groups in total. The van der Waals surface area contributed by atoms with Crippen LogP contribution in [-0.2, 0) is 16.1 Å². The third-order valence-corrected chi connectivity index (χ3v) is 6.16. The predicted molar refractivity (Wildman–Crippen MR) is 140 cm³/mol. The summed E-state index contributed by atoms with van der Waals surface area (Å²) in [7, 11) is 1.25. The maximum absolute atomic E-state index is 13.6. The zero-order valence-electron chi connectivity index (χ0n) is 20.6. The average Bonchev–Trinajstić information content (AvgIpc) is 2.83. The number of anilines is 2. The van der Waals surface area contributed by atoms with Gasteiger partial charge in [0, 0.05) is 10.7 Å². The van der Waals surface area contributed by atoms with Gasteiger partial charge in [-0.15, -0.1) is 0 Å². The Bertz CT molecular complexity index is 1350. The highest BCUT2D eigenvalue weighted by Gasteiger charge is 2.27. The van der Waals surface area contributed by atoms with E-state index in [9.17, 15) is 14.4 Å². The van der Waals surface area contributed by atoms with Crippen molar-refractivity contribution in [2.24, 2.45) is 5.92 Å². The first-order chi connectivity index (χ1) is 17.0. The summed E-state index contributed by atoms with van der Waals surface area (Å²) < 4.78 is 12.7. The topological polar surface area (TPSA) is 104 Å². The Balaban J connectivity index is 2.09. The fourth-order valence-electron chi connectivity index (χ4n) is 3.53. The van der Waals surface area contributed by atoms with Gasteiger partial charge in [0.25, 0.3) is 0 Å². The van der Waals surface area contributed by atoms with Crippen molar-refractivity contribution < 1.29 is 14.3 Å². The van der Waals surface area contributed by atoms with Crippen molar-refractivity contribution in [1.29, 1.82) is 0 Å². The Morgan fingerprint density at radius 2 is 1.72 bits per heavy atom. The third kappa shape index (κ3) is 6.27. The van der Waals surface area contributed by atoms with E-state index in [2.05, 4.69) is 10.3 Å². The van der Waals surface area contributed by atoms with E-state index in [0.717, 1.165) is 10.1 Å². The number of ether oxygens (including phenoxy) is 2. The standard InChI is InChI=1S/C25H28Cl2N4O5/c1-14(2)36-21-11-10-19(12-20(21)27)28-23-29-24(33)31(16(4)15(3)22(32)35-5)25(34)30(23)13-17-6-8-18(26)9-7-17/h6-12,14-16H,13H2,1-5H3,(H,28,29,33)/t15-,16+/m1/s1. The Hall–Kier alpha value is -3.30. The van der Waals surface area contributed by atoms with E-state index in [1.54, 1.807) is 56.3 Å². The highest BCUT2D eigenvalue weighted by molar-refractivity contribution is 6.32. The average molecular weight is 535 g/mol. The molecule has 0 bridgehead atoms. The van der Waals surface area contributed by atoms with Gasteiger partial charge in [-0.05, 0) is 63.6 Å². The first-order valence-electron chi connectivity index (χ1n) is 11.3. The number of hydrogen-bond acceptors (Lipinski definition) is 7. The van der Waals surface area contributed by atoms with Crippen LogP contribution in [0.5, 0.6) is 5.75 Å². The second-order valence-corrected chi connectivity index (χ2v) is 9.42. The minimum Gasteiger partial charge on any atom is -0.489 e. The van der Waals surface area contributed by atoms with Gasteiger partial charge in [0.1, 0.15) is 5.75 Å². The molecule has 11 heteroatoms. The summed E-state index contributed by atoms with van der Waals surface area (Å²) in [5, 5.41) is 3.92. The van der Waals surface area contributed by atoms with Crippen molar-refractivity contribution in [3.63, 3.8) is 0 Å². The molecular formula is C25H28Cl2N4O5. The fourth-order valence-corrected chi connectivity index (χ4v) is 3.88. The lowest BCUT2D eigenvalue weighted by Crippen LogP contribution is -2.46. The Labute approximate surface area is 218 Å². The van der Waals surface area contributed by atoms with Crippen LogP contribution in [0, 0.1) is 5.92 Å². The summed E-state index contributed by atoms with van der Waals surface area (Å²) in [5.74, 6) is -0.775. The van der Waals surface area contributed by atoms with E-state index < -0.39 is 29.3 Å². The molecule has 9 nitrogen and oxygen atoms in total. The number of nitrogens with zero attached hydrogens (tertiary/aromatic N) is 3. The van der Waals surface area contributed by atoms with Crippen LogP contribution in [0.2, 0.25) is 10.0 Å². The molecule has 0 spiro atoms. The zero-order valence-corrected chi connectivity index (χ0v) is 22.1. The van der Waals surface area contributed by atoms with Gasteiger partial charge in [-0.25, -0.2) is 14.2 Å². The van der Waals surface area contributed by atoms with Crippen LogP contribution in [0.15, 0.2) is 52.1 Å². The van der Waals surface area contributed by atoms with Crippen LogP contribution in [0.1, 0.15) is 39.3 Å². The lowest BCUT2D eigenvalue weighted by molar-refractivity contribution is -0.146. The quantitative estimate of drug-likeness (QED) is 0.398. The Morgan fingerprint density at radius 3 is 2.31 bits per heavy atom. The Morgan fingerprint density at radius 1 is 1.06 bits per heavy atom. The third-order valence-electron chi connectivity index (χ3n) is 5.61. The van der Waals surface area contributed by atoms with Gasteiger partial charge >= 0.3 is 17.3 Å². The monoisotopic (exact) mass is 534 g/mol. The second kappa shape index (κ2) is 11.6. The maximum Gasteiger partial charge on any atom is 0.355 e. The van der Waals surface area contributed by atoms with Crippen molar-refractivity contribution >= 4 is 40.8 Å².